The van der Waals surface area contributed by atoms with E-state index in [0.29, 0.717) is 19.8 Å². The van der Waals surface area contributed by atoms with Crippen molar-refractivity contribution in [3.63, 3.8) is 0 Å². The Balaban J connectivity index is 1.44. The van der Waals surface area contributed by atoms with Crippen LogP contribution in [-0.2, 0) is 16.1 Å². The third-order valence-corrected chi connectivity index (χ3v) is 5.91. The molecule has 0 unspecified atom stereocenters. The van der Waals surface area contributed by atoms with E-state index in [1.165, 1.54) is 4.90 Å². The van der Waals surface area contributed by atoms with Gasteiger partial charge >= 0.3 is 0 Å². The fourth-order valence-corrected chi connectivity index (χ4v) is 3.91. The van der Waals surface area contributed by atoms with Crippen LogP contribution in [0.1, 0.15) is 11.4 Å². The number of anilines is 1. The summed E-state index contributed by atoms with van der Waals surface area (Å²) in [4.78, 5) is 23.8. The van der Waals surface area contributed by atoms with Crippen LogP contribution in [0, 0.1) is 6.92 Å². The van der Waals surface area contributed by atoms with E-state index in [1.807, 2.05) is 61.7 Å². The molecule has 0 fully saturated rings. The molecule has 0 aliphatic rings. The normalized spacial score (nSPS) is 11.0. The summed E-state index contributed by atoms with van der Waals surface area (Å²) in [6.45, 7) is 3.06. The number of hydrogen-bond donors (Lipinski definition) is 1. The van der Waals surface area contributed by atoms with Crippen LogP contribution < -0.4 is 9.64 Å². The highest BCUT2D eigenvalue weighted by atomic mass is 32.2. The molecule has 4 rings (SSSR count). The van der Waals surface area contributed by atoms with Crippen molar-refractivity contribution in [2.75, 3.05) is 31.0 Å². The second-order valence-electron chi connectivity index (χ2n) is 7.57. The van der Waals surface area contributed by atoms with Gasteiger partial charge in [0.25, 0.3) is 5.91 Å². The van der Waals surface area contributed by atoms with E-state index in [1.54, 1.807) is 16.7 Å². The lowest BCUT2D eigenvalue weighted by Gasteiger charge is -2.23. The number of nitrogens with zero attached hydrogens (tertiary/aromatic N) is 2. The van der Waals surface area contributed by atoms with Gasteiger partial charge in [-0.05, 0) is 61.2 Å². The van der Waals surface area contributed by atoms with Crippen LogP contribution in [0.5, 0.6) is 5.75 Å². The van der Waals surface area contributed by atoms with Gasteiger partial charge in [0.05, 0.1) is 24.2 Å². The number of imidazole rings is 1. The smallest absolute Gasteiger partial charge is 0.253 e. The number of aromatic nitrogens is 2. The van der Waals surface area contributed by atoms with Crippen molar-refractivity contribution < 1.29 is 14.3 Å². The van der Waals surface area contributed by atoms with Crippen molar-refractivity contribution in [1.82, 2.24) is 9.97 Å². The number of carbonyl (C=O) groups is 1. The number of fused-ring (bicyclic) bond motifs is 1. The zero-order valence-electron chi connectivity index (χ0n) is 18.8. The summed E-state index contributed by atoms with van der Waals surface area (Å²) in [5.74, 6) is 1.51. The number of para-hydroxylation sites is 1. The number of aryl methyl sites for hydroxylation is 1. The SMILES string of the molecule is CSc1ccc(CN(C(=O)COCCOc2ccccc2)c2ccc3nc(C)[nH]c3c2)cc1. The zero-order valence-corrected chi connectivity index (χ0v) is 19.6. The molecule has 0 atom stereocenters. The number of thioether (sulfide) groups is 1. The van der Waals surface area contributed by atoms with Crippen molar-refractivity contribution in [2.45, 2.75) is 18.4 Å². The Kier molecular flexibility index (Phi) is 7.65. The van der Waals surface area contributed by atoms with Crippen LogP contribution in [0.15, 0.2) is 77.7 Å². The number of benzene rings is 3. The van der Waals surface area contributed by atoms with Gasteiger partial charge in [-0.15, -0.1) is 11.8 Å². The van der Waals surface area contributed by atoms with Crippen LogP contribution >= 0.6 is 11.8 Å². The number of hydrogen-bond acceptors (Lipinski definition) is 5. The van der Waals surface area contributed by atoms with E-state index in [9.17, 15) is 4.79 Å². The Hall–Kier alpha value is -3.29. The minimum Gasteiger partial charge on any atom is -0.491 e. The Labute approximate surface area is 197 Å². The van der Waals surface area contributed by atoms with E-state index in [-0.39, 0.29) is 12.5 Å². The van der Waals surface area contributed by atoms with Crippen LogP contribution in [0.2, 0.25) is 0 Å². The minimum atomic E-state index is -0.112. The fraction of sp³-hybridized carbons (Fsp3) is 0.231. The van der Waals surface area contributed by atoms with E-state index < -0.39 is 0 Å². The van der Waals surface area contributed by atoms with Crippen molar-refractivity contribution in [1.29, 1.82) is 0 Å². The highest BCUT2D eigenvalue weighted by molar-refractivity contribution is 7.98. The molecule has 170 valence electrons. The first-order valence-corrected chi connectivity index (χ1v) is 12.0. The Morgan fingerprint density at radius 3 is 2.58 bits per heavy atom. The summed E-state index contributed by atoms with van der Waals surface area (Å²) in [6, 6.07) is 23.6. The van der Waals surface area contributed by atoms with Crippen molar-refractivity contribution in [3.8, 4) is 5.75 Å². The third-order valence-electron chi connectivity index (χ3n) is 5.16. The molecule has 0 spiro atoms. The van der Waals surface area contributed by atoms with Crippen LogP contribution in [-0.4, -0.2) is 42.0 Å². The molecule has 0 saturated heterocycles. The number of rotatable bonds is 10. The molecule has 0 saturated carbocycles. The summed E-state index contributed by atoms with van der Waals surface area (Å²) in [6.07, 6.45) is 2.05. The highest BCUT2D eigenvalue weighted by Gasteiger charge is 2.18. The van der Waals surface area contributed by atoms with Crippen molar-refractivity contribution in [3.05, 3.63) is 84.2 Å². The number of amides is 1. The van der Waals surface area contributed by atoms with E-state index in [4.69, 9.17) is 9.47 Å². The molecular weight excluding hydrogens is 434 g/mol. The molecule has 6 nitrogen and oxygen atoms in total. The van der Waals surface area contributed by atoms with Crippen LogP contribution in [0.25, 0.3) is 11.0 Å². The molecule has 0 aliphatic heterocycles. The average Bonchev–Trinajstić information content (AvgIpc) is 3.22. The van der Waals surface area contributed by atoms with Gasteiger partial charge < -0.3 is 19.4 Å². The first-order chi connectivity index (χ1) is 16.1. The first kappa shape index (κ1) is 22.9. The first-order valence-electron chi connectivity index (χ1n) is 10.8. The standard InChI is InChI=1S/C26H27N3O3S/c1-19-27-24-13-10-21(16-25(24)28-19)29(17-20-8-11-23(33-2)12-9-20)26(30)18-31-14-15-32-22-6-4-3-5-7-22/h3-13,16H,14-15,17-18H2,1-2H3,(H,27,28). The summed E-state index contributed by atoms with van der Waals surface area (Å²) >= 11 is 1.69. The second-order valence-corrected chi connectivity index (χ2v) is 8.45. The van der Waals surface area contributed by atoms with Gasteiger partial charge in [-0.1, -0.05) is 30.3 Å². The van der Waals surface area contributed by atoms with Gasteiger partial charge in [0.1, 0.15) is 24.8 Å². The van der Waals surface area contributed by atoms with Crippen molar-refractivity contribution >= 4 is 34.4 Å². The Bertz CT molecular complexity index is 1190. The lowest BCUT2D eigenvalue weighted by atomic mass is 10.2. The largest absolute Gasteiger partial charge is 0.491 e. The second kappa shape index (κ2) is 11.0. The zero-order chi connectivity index (χ0) is 23.0. The molecule has 3 aromatic carbocycles. The predicted octanol–water partition coefficient (Wildman–Crippen LogP) is 5.22. The molecule has 1 heterocycles. The molecule has 1 N–H and O–H groups in total. The van der Waals surface area contributed by atoms with Gasteiger partial charge in [0.15, 0.2) is 0 Å². The number of ether oxygens (including phenoxy) is 2. The monoisotopic (exact) mass is 461 g/mol. The third kappa shape index (κ3) is 6.15. The summed E-state index contributed by atoms with van der Waals surface area (Å²) in [7, 11) is 0. The summed E-state index contributed by atoms with van der Waals surface area (Å²) < 4.78 is 11.3. The van der Waals surface area contributed by atoms with Crippen LogP contribution in [0.4, 0.5) is 5.69 Å². The molecule has 1 aromatic heterocycles. The van der Waals surface area contributed by atoms with E-state index in [2.05, 4.69) is 34.2 Å². The summed E-state index contributed by atoms with van der Waals surface area (Å²) in [5.41, 5.74) is 3.63. The van der Waals surface area contributed by atoms with Crippen LogP contribution in [0.3, 0.4) is 0 Å². The topological polar surface area (TPSA) is 67.5 Å². The maximum Gasteiger partial charge on any atom is 0.253 e. The fourth-order valence-electron chi connectivity index (χ4n) is 3.50. The lowest BCUT2D eigenvalue weighted by Crippen LogP contribution is -2.34. The van der Waals surface area contributed by atoms with Gasteiger partial charge in [-0.25, -0.2) is 4.98 Å². The minimum absolute atomic E-state index is 0.0267. The maximum absolute atomic E-state index is 13.2. The summed E-state index contributed by atoms with van der Waals surface area (Å²) in [5, 5.41) is 0. The molecule has 1 amide bonds. The van der Waals surface area contributed by atoms with Gasteiger partial charge in [0.2, 0.25) is 0 Å². The molecule has 0 radical (unpaired) electrons. The number of aromatic amines is 1. The average molecular weight is 462 g/mol. The van der Waals surface area contributed by atoms with Crippen molar-refractivity contribution in [2.24, 2.45) is 0 Å². The molecule has 0 bridgehead atoms. The maximum atomic E-state index is 13.2. The van der Waals surface area contributed by atoms with Gasteiger partial charge in [-0.3, -0.25) is 4.79 Å². The molecule has 0 aliphatic carbocycles. The molecule has 7 heteroatoms. The van der Waals surface area contributed by atoms with E-state index in [0.717, 1.165) is 33.9 Å². The molecular formula is C26H27N3O3S. The number of nitrogens with one attached hydrogen (secondary N) is 1. The number of H-pyrrole nitrogens is 1. The molecule has 4 aromatic rings. The Morgan fingerprint density at radius 2 is 1.82 bits per heavy atom. The van der Waals surface area contributed by atoms with Gasteiger partial charge in [0, 0.05) is 10.6 Å². The molecule has 33 heavy (non-hydrogen) atoms. The predicted molar refractivity (Wildman–Crippen MR) is 133 cm³/mol. The highest BCUT2D eigenvalue weighted by Crippen LogP contribution is 2.24. The quantitative estimate of drug-likeness (QED) is 0.259. The number of carbonyl (C=O) groups excluding carboxylic acids is 1. The Morgan fingerprint density at radius 1 is 1.03 bits per heavy atom. The lowest BCUT2D eigenvalue weighted by molar-refractivity contribution is -0.123. The van der Waals surface area contributed by atoms with E-state index >= 15 is 0 Å². The van der Waals surface area contributed by atoms with Gasteiger partial charge in [-0.2, -0.15) is 0 Å².